The highest BCUT2D eigenvalue weighted by Gasteiger charge is 2.23. The first kappa shape index (κ1) is 21.8. The summed E-state index contributed by atoms with van der Waals surface area (Å²) in [7, 11) is 0. The zero-order chi connectivity index (χ0) is 22.4. The molecule has 0 unspecified atom stereocenters. The second kappa shape index (κ2) is 9.75. The van der Waals surface area contributed by atoms with Crippen LogP contribution in [-0.2, 0) is 16.1 Å². The molecule has 0 spiro atoms. The van der Waals surface area contributed by atoms with Crippen LogP contribution in [-0.4, -0.2) is 35.7 Å². The largest absolute Gasteiger partial charge is 0.397 e. The molecule has 3 rings (SSSR count). The molecule has 2 aromatic carbocycles. The van der Waals surface area contributed by atoms with Gasteiger partial charge in [-0.15, -0.1) is 0 Å². The molecule has 1 heterocycles. The Labute approximate surface area is 181 Å². The Bertz CT molecular complexity index is 1050. The van der Waals surface area contributed by atoms with Crippen LogP contribution in [0.15, 0.2) is 60.7 Å². The van der Waals surface area contributed by atoms with Gasteiger partial charge in [-0.25, -0.2) is 0 Å². The first-order valence-corrected chi connectivity index (χ1v) is 10.0. The summed E-state index contributed by atoms with van der Waals surface area (Å²) >= 11 is 0. The molecule has 0 aliphatic carbocycles. The van der Waals surface area contributed by atoms with Gasteiger partial charge in [0.25, 0.3) is 5.91 Å². The van der Waals surface area contributed by atoms with E-state index in [0.29, 0.717) is 23.5 Å². The molecule has 7 nitrogen and oxygen atoms in total. The van der Waals surface area contributed by atoms with E-state index in [0.717, 1.165) is 16.7 Å². The number of benzene rings is 2. The summed E-state index contributed by atoms with van der Waals surface area (Å²) < 4.78 is 0. The molecule has 0 saturated carbocycles. The van der Waals surface area contributed by atoms with Crippen molar-refractivity contribution in [3.63, 3.8) is 0 Å². The first-order valence-electron chi connectivity index (χ1n) is 10.0. The number of allylic oxidation sites excluding steroid dienone is 4. The molecular formula is C24H26N4O3. The van der Waals surface area contributed by atoms with Crippen molar-refractivity contribution < 1.29 is 14.4 Å². The summed E-state index contributed by atoms with van der Waals surface area (Å²) in [6.07, 6.45) is 5.89. The van der Waals surface area contributed by atoms with Gasteiger partial charge in [0.1, 0.15) is 0 Å². The van der Waals surface area contributed by atoms with E-state index in [1.807, 2.05) is 44.2 Å². The Kier molecular flexibility index (Phi) is 6.87. The third kappa shape index (κ3) is 5.60. The average Bonchev–Trinajstić information content (AvgIpc) is 2.76. The van der Waals surface area contributed by atoms with Crippen LogP contribution in [0.5, 0.6) is 0 Å². The third-order valence-electron chi connectivity index (χ3n) is 5.01. The quantitative estimate of drug-likeness (QED) is 0.495. The molecule has 3 amide bonds. The lowest BCUT2D eigenvalue weighted by Crippen LogP contribution is -2.50. The van der Waals surface area contributed by atoms with Gasteiger partial charge < -0.3 is 21.3 Å². The van der Waals surface area contributed by atoms with E-state index in [1.165, 1.54) is 4.90 Å². The topological polar surface area (TPSA) is 105 Å². The van der Waals surface area contributed by atoms with Crippen molar-refractivity contribution >= 4 is 34.7 Å². The first-order chi connectivity index (χ1) is 14.9. The molecule has 2 aromatic rings. The summed E-state index contributed by atoms with van der Waals surface area (Å²) in [4.78, 5) is 37.6. The Hall–Kier alpha value is -3.87. The summed E-state index contributed by atoms with van der Waals surface area (Å²) in [5, 5.41) is 5.38. The Balaban J connectivity index is 1.69. The predicted octanol–water partition coefficient (Wildman–Crippen LogP) is 2.96. The molecule has 1 aliphatic rings. The Morgan fingerprint density at radius 2 is 1.87 bits per heavy atom. The molecule has 1 saturated heterocycles. The van der Waals surface area contributed by atoms with E-state index >= 15 is 0 Å². The van der Waals surface area contributed by atoms with Gasteiger partial charge in [-0.05, 0) is 54.8 Å². The van der Waals surface area contributed by atoms with Gasteiger partial charge in [0.05, 0.1) is 24.5 Å². The maximum Gasteiger partial charge on any atom is 0.255 e. The zero-order valence-electron chi connectivity index (χ0n) is 17.6. The number of carbonyl (C=O) groups is 3. The average molecular weight is 418 g/mol. The molecule has 0 atom stereocenters. The SMILES string of the molecule is C/C=C\C=C(/C)c1ccc(N)c(NC(=O)c2ccc(CN3CC(=O)NCC3=O)cc2)c1. The summed E-state index contributed by atoms with van der Waals surface area (Å²) in [6.45, 7) is 4.32. The van der Waals surface area contributed by atoms with E-state index < -0.39 is 0 Å². The molecule has 0 radical (unpaired) electrons. The van der Waals surface area contributed by atoms with E-state index in [9.17, 15) is 14.4 Å². The monoisotopic (exact) mass is 418 g/mol. The lowest BCUT2D eigenvalue weighted by Gasteiger charge is -2.26. The third-order valence-corrected chi connectivity index (χ3v) is 5.01. The molecule has 4 N–H and O–H groups in total. The smallest absolute Gasteiger partial charge is 0.255 e. The van der Waals surface area contributed by atoms with Gasteiger partial charge in [0, 0.05) is 12.1 Å². The van der Waals surface area contributed by atoms with Gasteiger partial charge in [-0.1, -0.05) is 36.4 Å². The number of nitrogen functional groups attached to an aromatic ring is 1. The van der Waals surface area contributed by atoms with Crippen LogP contribution in [0.25, 0.3) is 5.57 Å². The normalized spacial score (nSPS) is 14.6. The maximum absolute atomic E-state index is 12.7. The van der Waals surface area contributed by atoms with Crippen LogP contribution in [0.4, 0.5) is 11.4 Å². The Morgan fingerprint density at radius 3 is 2.58 bits per heavy atom. The van der Waals surface area contributed by atoms with Gasteiger partial charge in [-0.3, -0.25) is 14.4 Å². The van der Waals surface area contributed by atoms with Gasteiger partial charge in [0.2, 0.25) is 11.8 Å². The van der Waals surface area contributed by atoms with Crippen molar-refractivity contribution in [2.75, 3.05) is 24.1 Å². The number of hydrogen-bond acceptors (Lipinski definition) is 4. The molecule has 7 heteroatoms. The van der Waals surface area contributed by atoms with Crippen LogP contribution >= 0.6 is 0 Å². The number of nitrogens with one attached hydrogen (secondary N) is 2. The molecule has 160 valence electrons. The molecule has 1 aliphatic heterocycles. The van der Waals surface area contributed by atoms with Crippen LogP contribution < -0.4 is 16.4 Å². The summed E-state index contributed by atoms with van der Waals surface area (Å²) in [6, 6.07) is 12.5. The minimum absolute atomic E-state index is 0.0171. The second-order valence-electron chi connectivity index (χ2n) is 7.36. The molecular weight excluding hydrogens is 392 g/mol. The number of anilines is 2. The number of rotatable bonds is 6. The van der Waals surface area contributed by atoms with E-state index in [2.05, 4.69) is 10.6 Å². The fourth-order valence-corrected chi connectivity index (χ4v) is 3.17. The Morgan fingerprint density at radius 1 is 1.16 bits per heavy atom. The van der Waals surface area contributed by atoms with Crippen molar-refractivity contribution in [1.29, 1.82) is 0 Å². The highest BCUT2D eigenvalue weighted by Crippen LogP contribution is 2.25. The maximum atomic E-state index is 12.7. The van der Waals surface area contributed by atoms with Crippen molar-refractivity contribution in [3.05, 3.63) is 77.4 Å². The number of nitrogens with zero attached hydrogens (tertiary/aromatic N) is 1. The summed E-state index contributed by atoms with van der Waals surface area (Å²) in [5.41, 5.74) is 10.4. The van der Waals surface area contributed by atoms with Crippen molar-refractivity contribution in [2.24, 2.45) is 0 Å². The summed E-state index contributed by atoms with van der Waals surface area (Å²) in [5.74, 6) is -0.583. The van der Waals surface area contributed by atoms with Crippen molar-refractivity contribution in [1.82, 2.24) is 10.2 Å². The van der Waals surface area contributed by atoms with Crippen LogP contribution in [0.2, 0.25) is 0 Å². The fourth-order valence-electron chi connectivity index (χ4n) is 3.17. The molecule has 31 heavy (non-hydrogen) atoms. The molecule has 0 aromatic heterocycles. The van der Waals surface area contributed by atoms with Crippen LogP contribution in [0.1, 0.15) is 35.3 Å². The van der Waals surface area contributed by atoms with Crippen LogP contribution in [0, 0.1) is 0 Å². The standard InChI is InChI=1S/C24H26N4O3/c1-3-4-5-16(2)19-10-11-20(25)21(12-19)27-24(31)18-8-6-17(7-9-18)14-28-15-22(29)26-13-23(28)30/h3-12H,13-15,25H2,1-2H3,(H,26,29)(H,27,31)/b4-3-,16-5+. The number of hydrogen-bond donors (Lipinski definition) is 3. The van der Waals surface area contributed by atoms with E-state index in [4.69, 9.17) is 5.73 Å². The highest BCUT2D eigenvalue weighted by molar-refractivity contribution is 6.06. The van der Waals surface area contributed by atoms with Gasteiger partial charge in [0.15, 0.2) is 0 Å². The number of amides is 3. The predicted molar refractivity (Wildman–Crippen MR) is 122 cm³/mol. The lowest BCUT2D eigenvalue weighted by atomic mass is 10.0. The number of nitrogens with two attached hydrogens (primary N) is 1. The number of piperazine rings is 1. The molecule has 1 fully saturated rings. The molecule has 0 bridgehead atoms. The van der Waals surface area contributed by atoms with Crippen molar-refractivity contribution in [3.8, 4) is 0 Å². The fraction of sp³-hybridized carbons (Fsp3) is 0.208. The zero-order valence-corrected chi connectivity index (χ0v) is 17.6. The number of carbonyl (C=O) groups excluding carboxylic acids is 3. The second-order valence-corrected chi connectivity index (χ2v) is 7.36. The lowest BCUT2D eigenvalue weighted by molar-refractivity contribution is -0.141. The van der Waals surface area contributed by atoms with Gasteiger partial charge >= 0.3 is 0 Å². The van der Waals surface area contributed by atoms with Crippen LogP contribution in [0.3, 0.4) is 0 Å². The highest BCUT2D eigenvalue weighted by atomic mass is 16.2. The van der Waals surface area contributed by atoms with E-state index in [-0.39, 0.29) is 30.8 Å². The minimum atomic E-state index is -0.279. The van der Waals surface area contributed by atoms with Crippen molar-refractivity contribution in [2.45, 2.75) is 20.4 Å². The van der Waals surface area contributed by atoms with E-state index in [1.54, 1.807) is 30.3 Å². The minimum Gasteiger partial charge on any atom is -0.397 e. The van der Waals surface area contributed by atoms with Gasteiger partial charge in [-0.2, -0.15) is 0 Å².